The summed E-state index contributed by atoms with van der Waals surface area (Å²) in [7, 11) is 0. The van der Waals surface area contributed by atoms with Crippen LogP contribution in [0.15, 0.2) is 15.9 Å². The minimum absolute atomic E-state index is 0.0492. The Kier molecular flexibility index (Phi) is 4.84. The highest BCUT2D eigenvalue weighted by molar-refractivity contribution is 9.11. The Morgan fingerprint density at radius 2 is 2.17 bits per heavy atom. The first-order chi connectivity index (χ1) is 8.32. The van der Waals surface area contributed by atoms with Gasteiger partial charge in [-0.1, -0.05) is 36.4 Å². The van der Waals surface area contributed by atoms with Crippen molar-refractivity contribution in [1.29, 1.82) is 0 Å². The maximum absolute atomic E-state index is 11.9. The standard InChI is InChI=1S/C12H16BrN3O2/c1-6(2)10-15-8(4)9(12(18)16-10)11(17)14-5-7(3)13/h6H,3,5H2,1-2,4H3,(H,14,17)(H,15,16,18). The maximum Gasteiger partial charge on any atom is 0.264 e. The molecule has 0 aliphatic rings. The zero-order valence-electron chi connectivity index (χ0n) is 10.6. The van der Waals surface area contributed by atoms with Gasteiger partial charge in [0.1, 0.15) is 11.4 Å². The predicted molar refractivity (Wildman–Crippen MR) is 74.1 cm³/mol. The van der Waals surface area contributed by atoms with E-state index in [1.165, 1.54) is 0 Å². The lowest BCUT2D eigenvalue weighted by Crippen LogP contribution is -2.32. The predicted octanol–water partition coefficient (Wildman–Crippen LogP) is 1.84. The Balaban J connectivity index is 3.07. The van der Waals surface area contributed by atoms with Crippen molar-refractivity contribution >= 4 is 21.8 Å². The van der Waals surface area contributed by atoms with Crippen molar-refractivity contribution in [2.45, 2.75) is 26.7 Å². The van der Waals surface area contributed by atoms with Crippen molar-refractivity contribution in [2.24, 2.45) is 0 Å². The lowest BCUT2D eigenvalue weighted by atomic mass is 10.1. The third kappa shape index (κ3) is 3.53. The van der Waals surface area contributed by atoms with Crippen LogP contribution in [-0.2, 0) is 0 Å². The number of aromatic amines is 1. The first kappa shape index (κ1) is 14.6. The monoisotopic (exact) mass is 313 g/mol. The third-order valence-corrected chi connectivity index (χ3v) is 2.61. The van der Waals surface area contributed by atoms with Crippen LogP contribution in [0.4, 0.5) is 0 Å². The number of nitrogens with zero attached hydrogens (tertiary/aromatic N) is 1. The van der Waals surface area contributed by atoms with Crippen molar-refractivity contribution in [1.82, 2.24) is 15.3 Å². The number of carbonyl (C=O) groups is 1. The third-order valence-electron chi connectivity index (χ3n) is 2.33. The van der Waals surface area contributed by atoms with Gasteiger partial charge in [0.2, 0.25) is 0 Å². The van der Waals surface area contributed by atoms with Gasteiger partial charge in [-0.3, -0.25) is 9.59 Å². The van der Waals surface area contributed by atoms with Crippen LogP contribution >= 0.6 is 15.9 Å². The van der Waals surface area contributed by atoms with Gasteiger partial charge in [0, 0.05) is 16.9 Å². The fraction of sp³-hybridized carbons (Fsp3) is 0.417. The average molecular weight is 314 g/mol. The number of H-pyrrole nitrogens is 1. The summed E-state index contributed by atoms with van der Waals surface area (Å²) in [6.45, 7) is 9.37. The number of aryl methyl sites for hydroxylation is 1. The molecule has 0 bridgehead atoms. The summed E-state index contributed by atoms with van der Waals surface area (Å²) in [5.41, 5.74) is 0.0668. The molecule has 0 radical (unpaired) electrons. The SMILES string of the molecule is C=C(Br)CNC(=O)c1c(C)nc(C(C)C)[nH]c1=O. The summed E-state index contributed by atoms with van der Waals surface area (Å²) in [5.74, 6) is 0.243. The van der Waals surface area contributed by atoms with Crippen LogP contribution in [0, 0.1) is 6.92 Å². The highest BCUT2D eigenvalue weighted by atomic mass is 79.9. The van der Waals surface area contributed by atoms with Gasteiger partial charge in [-0.2, -0.15) is 0 Å². The normalized spacial score (nSPS) is 10.5. The lowest BCUT2D eigenvalue weighted by Gasteiger charge is -2.09. The van der Waals surface area contributed by atoms with Crippen LogP contribution in [0.3, 0.4) is 0 Å². The molecule has 2 N–H and O–H groups in total. The van der Waals surface area contributed by atoms with Crippen molar-refractivity contribution in [3.8, 4) is 0 Å². The van der Waals surface area contributed by atoms with E-state index >= 15 is 0 Å². The van der Waals surface area contributed by atoms with E-state index in [0.29, 0.717) is 16.0 Å². The number of halogens is 1. The number of carbonyl (C=O) groups excluding carboxylic acids is 1. The summed E-state index contributed by atoms with van der Waals surface area (Å²) in [5, 5.41) is 2.58. The second-order valence-corrected chi connectivity index (χ2v) is 5.39. The van der Waals surface area contributed by atoms with E-state index in [4.69, 9.17) is 0 Å². The van der Waals surface area contributed by atoms with E-state index in [9.17, 15) is 9.59 Å². The van der Waals surface area contributed by atoms with Gasteiger partial charge < -0.3 is 10.3 Å². The van der Waals surface area contributed by atoms with Crippen LogP contribution in [0.25, 0.3) is 0 Å². The number of amides is 1. The molecule has 1 rings (SSSR count). The maximum atomic E-state index is 11.9. The first-order valence-electron chi connectivity index (χ1n) is 5.55. The lowest BCUT2D eigenvalue weighted by molar-refractivity contribution is 0.0955. The number of hydrogen-bond acceptors (Lipinski definition) is 3. The minimum atomic E-state index is -0.447. The minimum Gasteiger partial charge on any atom is -0.347 e. The molecule has 0 fully saturated rings. The summed E-state index contributed by atoms with van der Waals surface area (Å²) >= 11 is 3.13. The van der Waals surface area contributed by atoms with E-state index in [1.54, 1.807) is 6.92 Å². The van der Waals surface area contributed by atoms with Crippen LogP contribution < -0.4 is 10.9 Å². The van der Waals surface area contributed by atoms with E-state index in [-0.39, 0.29) is 18.0 Å². The van der Waals surface area contributed by atoms with Crippen molar-refractivity contribution in [3.05, 3.63) is 38.5 Å². The topological polar surface area (TPSA) is 74.8 Å². The molecule has 0 saturated heterocycles. The first-order valence-corrected chi connectivity index (χ1v) is 6.34. The van der Waals surface area contributed by atoms with Crippen LogP contribution in [0.2, 0.25) is 0 Å². The summed E-state index contributed by atoms with van der Waals surface area (Å²) in [6, 6.07) is 0. The molecule has 0 saturated carbocycles. The molecule has 1 amide bonds. The van der Waals surface area contributed by atoms with Crippen LogP contribution in [-0.4, -0.2) is 22.4 Å². The van der Waals surface area contributed by atoms with Gasteiger partial charge in [-0.25, -0.2) is 4.98 Å². The van der Waals surface area contributed by atoms with Crippen molar-refractivity contribution in [2.75, 3.05) is 6.54 Å². The molecule has 0 spiro atoms. The van der Waals surface area contributed by atoms with Gasteiger partial charge in [0.15, 0.2) is 0 Å². The van der Waals surface area contributed by atoms with E-state index < -0.39 is 11.5 Å². The van der Waals surface area contributed by atoms with Gasteiger partial charge >= 0.3 is 0 Å². The summed E-state index contributed by atoms with van der Waals surface area (Å²) < 4.78 is 0.636. The van der Waals surface area contributed by atoms with Crippen LogP contribution in [0.1, 0.15) is 41.6 Å². The van der Waals surface area contributed by atoms with Gasteiger partial charge in [0.25, 0.3) is 11.5 Å². The second kappa shape index (κ2) is 5.95. The van der Waals surface area contributed by atoms with E-state index in [1.807, 2.05) is 13.8 Å². The number of hydrogen-bond donors (Lipinski definition) is 2. The summed E-state index contributed by atoms with van der Waals surface area (Å²) in [6.07, 6.45) is 0. The Bertz CT molecular complexity index is 535. The highest BCUT2D eigenvalue weighted by Crippen LogP contribution is 2.08. The van der Waals surface area contributed by atoms with Crippen LogP contribution in [0.5, 0.6) is 0 Å². The molecule has 1 aromatic rings. The molecule has 18 heavy (non-hydrogen) atoms. The van der Waals surface area contributed by atoms with E-state index in [0.717, 1.165) is 0 Å². The van der Waals surface area contributed by atoms with Crippen molar-refractivity contribution in [3.63, 3.8) is 0 Å². The zero-order chi connectivity index (χ0) is 13.9. The Hall–Kier alpha value is -1.43. The molecule has 0 atom stereocenters. The Morgan fingerprint density at radius 1 is 1.56 bits per heavy atom. The van der Waals surface area contributed by atoms with Crippen molar-refractivity contribution < 1.29 is 4.79 Å². The number of nitrogens with one attached hydrogen (secondary N) is 2. The molecule has 1 aromatic heterocycles. The van der Waals surface area contributed by atoms with Gasteiger partial charge in [-0.15, -0.1) is 0 Å². The molecule has 98 valence electrons. The zero-order valence-corrected chi connectivity index (χ0v) is 12.2. The smallest absolute Gasteiger partial charge is 0.264 e. The van der Waals surface area contributed by atoms with E-state index in [2.05, 4.69) is 37.8 Å². The highest BCUT2D eigenvalue weighted by Gasteiger charge is 2.16. The molecule has 0 unspecified atom stereocenters. The fourth-order valence-corrected chi connectivity index (χ4v) is 1.55. The molecule has 0 aromatic carbocycles. The molecule has 5 nitrogen and oxygen atoms in total. The molecule has 0 aliphatic carbocycles. The fourth-order valence-electron chi connectivity index (χ4n) is 1.41. The second-order valence-electron chi connectivity index (χ2n) is 4.27. The van der Waals surface area contributed by atoms with Gasteiger partial charge in [-0.05, 0) is 6.92 Å². The number of rotatable bonds is 4. The molecular weight excluding hydrogens is 298 g/mol. The molecule has 6 heteroatoms. The molecule has 1 heterocycles. The quantitative estimate of drug-likeness (QED) is 0.890. The Morgan fingerprint density at radius 3 is 2.61 bits per heavy atom. The molecule has 0 aliphatic heterocycles. The number of aromatic nitrogens is 2. The molecular formula is C12H16BrN3O2. The Labute approximate surface area is 114 Å². The summed E-state index contributed by atoms with van der Waals surface area (Å²) in [4.78, 5) is 30.6. The average Bonchev–Trinajstić information content (AvgIpc) is 2.25. The largest absolute Gasteiger partial charge is 0.347 e. The van der Waals surface area contributed by atoms with Gasteiger partial charge in [0.05, 0.1) is 5.69 Å².